The highest BCUT2D eigenvalue weighted by Crippen LogP contribution is 2.27. The Labute approximate surface area is 241 Å². The number of nitrogens with one attached hydrogen (secondary N) is 1. The lowest BCUT2D eigenvalue weighted by Gasteiger charge is -2.16. The molecular formula is C31H44N2O8. The normalized spacial score (nSPS) is 21.3. The van der Waals surface area contributed by atoms with Crippen LogP contribution in [-0.4, -0.2) is 60.9 Å². The molecule has 1 aliphatic rings. The van der Waals surface area contributed by atoms with E-state index in [1.54, 1.807) is 0 Å². The molecule has 1 aliphatic heterocycles. The second kappa shape index (κ2) is 22.2. The van der Waals surface area contributed by atoms with Gasteiger partial charge in [-0.2, -0.15) is 0 Å². The highest BCUT2D eigenvalue weighted by atomic mass is 16.6. The molecule has 0 unspecified atom stereocenters. The monoisotopic (exact) mass is 572 g/mol. The van der Waals surface area contributed by atoms with Gasteiger partial charge in [0.1, 0.15) is 18.3 Å². The summed E-state index contributed by atoms with van der Waals surface area (Å²) in [7, 11) is 0. The van der Waals surface area contributed by atoms with Crippen LogP contribution in [0.2, 0.25) is 0 Å². The minimum Gasteiger partial charge on any atom is -0.481 e. The average molecular weight is 573 g/mol. The van der Waals surface area contributed by atoms with Crippen LogP contribution in [0.4, 0.5) is 0 Å². The number of rotatable bonds is 16. The quantitative estimate of drug-likeness (QED) is 0.187. The van der Waals surface area contributed by atoms with Crippen molar-refractivity contribution in [2.75, 3.05) is 6.61 Å². The summed E-state index contributed by atoms with van der Waals surface area (Å²) in [5.74, 6) is -0.741. The molecule has 0 aliphatic carbocycles. The maximum absolute atomic E-state index is 11.4. The first-order chi connectivity index (χ1) is 19.8. The standard InChI is InChI=1S/C22H32O2.C9H12N2O6/c1-2-3-4-5-6-7-8-9-10-11-12-13-14-15-16-17-18-19-20-21-22(23)24;12-3-4-6(14)7(15)8(17-4)11-2-1-5(13)10-9(11)16/h3-4,6-7,9-10,12-13,15-16,18-19H,2,5,8,11,14,17,20-21H2,1H3,(H,23,24);1-2,4,6-8,12,14-15H,3H2,(H,10,13,16)/b4-3-,7-6-,10-9-,13-12-,16-15-,19-18-;/t;4-,6-,7-,8-/m.1/s1. The van der Waals surface area contributed by atoms with Crippen molar-refractivity contribution in [3.8, 4) is 0 Å². The first-order valence-corrected chi connectivity index (χ1v) is 13.9. The lowest BCUT2D eigenvalue weighted by Crippen LogP contribution is -2.37. The van der Waals surface area contributed by atoms with Crippen LogP contribution in [0.15, 0.2) is 94.8 Å². The number of aromatic nitrogens is 2. The second-order valence-electron chi connectivity index (χ2n) is 9.09. The number of allylic oxidation sites excluding steroid dienone is 12. The summed E-state index contributed by atoms with van der Waals surface area (Å²) < 4.78 is 6.08. The van der Waals surface area contributed by atoms with Gasteiger partial charge in [-0.05, 0) is 44.9 Å². The van der Waals surface area contributed by atoms with Gasteiger partial charge in [-0.25, -0.2) is 4.79 Å². The summed E-state index contributed by atoms with van der Waals surface area (Å²) in [4.78, 5) is 34.6. The smallest absolute Gasteiger partial charge is 0.330 e. The number of nitrogens with zero attached hydrogens (tertiary/aromatic N) is 1. The van der Waals surface area contributed by atoms with Gasteiger partial charge in [0.15, 0.2) is 6.23 Å². The van der Waals surface area contributed by atoms with E-state index in [9.17, 15) is 24.6 Å². The molecule has 1 aromatic rings. The molecule has 10 heteroatoms. The number of hydrogen-bond acceptors (Lipinski definition) is 7. The molecule has 1 saturated heterocycles. The van der Waals surface area contributed by atoms with Crippen LogP contribution in [0.25, 0.3) is 0 Å². The Hall–Kier alpha value is -3.57. The lowest BCUT2D eigenvalue weighted by molar-refractivity contribution is -0.136. The minimum atomic E-state index is -1.35. The van der Waals surface area contributed by atoms with E-state index in [1.807, 2.05) is 17.1 Å². The number of carboxylic acid groups (broad SMARTS) is 1. The Bertz CT molecular complexity index is 1160. The molecule has 0 saturated carbocycles. The zero-order chi connectivity index (χ0) is 30.3. The number of hydrogen-bond donors (Lipinski definition) is 5. The number of carboxylic acids is 1. The third kappa shape index (κ3) is 15.7. The number of aliphatic carboxylic acids is 1. The van der Waals surface area contributed by atoms with Crippen molar-refractivity contribution in [3.63, 3.8) is 0 Å². The number of aliphatic hydroxyl groups is 3. The number of aliphatic hydroxyl groups excluding tert-OH is 3. The summed E-state index contributed by atoms with van der Waals surface area (Å²) in [5, 5.41) is 36.6. The number of H-pyrrole nitrogens is 1. The molecule has 5 N–H and O–H groups in total. The third-order valence-electron chi connectivity index (χ3n) is 5.76. The molecule has 0 bridgehead atoms. The van der Waals surface area contributed by atoms with E-state index in [-0.39, 0.29) is 6.42 Å². The van der Waals surface area contributed by atoms with Crippen LogP contribution in [-0.2, 0) is 9.53 Å². The molecule has 2 rings (SSSR count). The molecule has 0 amide bonds. The molecule has 41 heavy (non-hydrogen) atoms. The van der Waals surface area contributed by atoms with Crippen LogP contribution in [0.1, 0.15) is 64.5 Å². The van der Waals surface area contributed by atoms with Crippen LogP contribution in [0.5, 0.6) is 0 Å². The second-order valence-corrected chi connectivity index (χ2v) is 9.09. The fourth-order valence-corrected chi connectivity index (χ4v) is 3.58. The molecular weight excluding hydrogens is 528 g/mol. The summed E-state index contributed by atoms with van der Waals surface area (Å²) in [6, 6.07) is 1.09. The van der Waals surface area contributed by atoms with E-state index in [2.05, 4.69) is 67.7 Å². The van der Waals surface area contributed by atoms with Crippen molar-refractivity contribution in [1.29, 1.82) is 0 Å². The summed E-state index contributed by atoms with van der Waals surface area (Å²) in [5.41, 5.74) is -1.33. The Balaban J connectivity index is 0.000000431. The van der Waals surface area contributed by atoms with E-state index >= 15 is 0 Å². The Kier molecular flexibility index (Phi) is 19.2. The third-order valence-corrected chi connectivity index (χ3v) is 5.76. The van der Waals surface area contributed by atoms with Crippen molar-refractivity contribution < 1.29 is 30.0 Å². The van der Waals surface area contributed by atoms with Gasteiger partial charge in [0.25, 0.3) is 5.56 Å². The SMILES string of the molecule is CC/C=C\C/C=C\C/C=C\C/C=C\C/C=C\C/C=C\CCC(=O)O.O=c1ccn([C@@H]2O[C@H](CO)[C@@H](O)[C@H]2O)c(=O)[nH]1. The van der Waals surface area contributed by atoms with Gasteiger partial charge in [-0.1, -0.05) is 79.8 Å². The van der Waals surface area contributed by atoms with Gasteiger partial charge in [0, 0.05) is 18.7 Å². The van der Waals surface area contributed by atoms with Crippen molar-refractivity contribution in [2.45, 2.75) is 82.8 Å². The van der Waals surface area contributed by atoms with Crippen LogP contribution >= 0.6 is 0 Å². The van der Waals surface area contributed by atoms with E-state index in [1.165, 1.54) is 0 Å². The molecule has 226 valence electrons. The Morgan fingerprint density at radius 1 is 0.854 bits per heavy atom. The summed E-state index contributed by atoms with van der Waals surface area (Å²) in [6.07, 6.45) is 28.9. The Morgan fingerprint density at radius 2 is 1.34 bits per heavy atom. The first-order valence-electron chi connectivity index (χ1n) is 13.9. The number of carbonyl (C=O) groups is 1. The molecule has 1 fully saturated rings. The van der Waals surface area contributed by atoms with E-state index in [0.717, 1.165) is 55.4 Å². The van der Waals surface area contributed by atoms with Crippen molar-refractivity contribution in [3.05, 3.63) is 106 Å². The predicted molar refractivity (Wildman–Crippen MR) is 159 cm³/mol. The molecule has 0 aromatic carbocycles. The van der Waals surface area contributed by atoms with Crippen LogP contribution < -0.4 is 11.2 Å². The Morgan fingerprint density at radius 3 is 1.76 bits per heavy atom. The minimum absolute atomic E-state index is 0.210. The molecule has 2 heterocycles. The van der Waals surface area contributed by atoms with Gasteiger partial charge in [-0.15, -0.1) is 0 Å². The van der Waals surface area contributed by atoms with Gasteiger partial charge in [0.2, 0.25) is 0 Å². The largest absolute Gasteiger partial charge is 0.481 e. The maximum atomic E-state index is 11.4. The topological polar surface area (TPSA) is 162 Å². The predicted octanol–water partition coefficient (Wildman–Crippen LogP) is 3.70. The highest BCUT2D eigenvalue weighted by Gasteiger charge is 2.43. The zero-order valence-electron chi connectivity index (χ0n) is 23.6. The van der Waals surface area contributed by atoms with Gasteiger partial charge in [-0.3, -0.25) is 19.1 Å². The first kappa shape index (κ1) is 35.5. The van der Waals surface area contributed by atoms with Gasteiger partial charge >= 0.3 is 11.7 Å². The molecule has 10 nitrogen and oxygen atoms in total. The van der Waals surface area contributed by atoms with E-state index in [4.69, 9.17) is 14.9 Å². The molecule has 1 aromatic heterocycles. The van der Waals surface area contributed by atoms with Crippen LogP contribution in [0.3, 0.4) is 0 Å². The highest BCUT2D eigenvalue weighted by molar-refractivity contribution is 5.66. The fraction of sp³-hybridized carbons (Fsp3) is 0.452. The van der Waals surface area contributed by atoms with Crippen LogP contribution in [0, 0.1) is 0 Å². The van der Waals surface area contributed by atoms with Gasteiger partial charge in [0.05, 0.1) is 6.61 Å². The van der Waals surface area contributed by atoms with Crippen molar-refractivity contribution >= 4 is 5.97 Å². The molecule has 4 atom stereocenters. The molecule has 0 radical (unpaired) electrons. The zero-order valence-corrected chi connectivity index (χ0v) is 23.6. The summed E-state index contributed by atoms with van der Waals surface area (Å²) >= 11 is 0. The van der Waals surface area contributed by atoms with Crippen molar-refractivity contribution in [2.24, 2.45) is 0 Å². The number of ether oxygens (including phenoxy) is 1. The fourth-order valence-electron chi connectivity index (χ4n) is 3.58. The van der Waals surface area contributed by atoms with E-state index in [0.29, 0.717) is 6.42 Å². The number of aromatic amines is 1. The molecule has 0 spiro atoms. The lowest BCUT2D eigenvalue weighted by atomic mass is 10.1. The summed E-state index contributed by atoms with van der Waals surface area (Å²) in [6.45, 7) is 1.67. The average Bonchev–Trinajstić information content (AvgIpc) is 3.23. The van der Waals surface area contributed by atoms with Gasteiger partial charge < -0.3 is 25.2 Å². The van der Waals surface area contributed by atoms with Crippen molar-refractivity contribution in [1.82, 2.24) is 9.55 Å². The maximum Gasteiger partial charge on any atom is 0.330 e. The van der Waals surface area contributed by atoms with E-state index < -0.39 is 48.4 Å².